The number of nitrogens with one attached hydrogen (secondary N) is 2. The molecule has 1 rings (SSSR count). The van der Waals surface area contributed by atoms with Gasteiger partial charge < -0.3 is 10.1 Å². The molecule has 0 atom stereocenters. The van der Waals surface area contributed by atoms with Crippen LogP contribution in [0.5, 0.6) is 0 Å². The molecule has 5 nitrogen and oxygen atoms in total. The first-order valence-electron chi connectivity index (χ1n) is 5.28. The molecule has 0 radical (unpaired) electrons. The van der Waals surface area contributed by atoms with E-state index in [0.29, 0.717) is 12.5 Å². The molecule has 1 heterocycles. The average molecular weight is 217 g/mol. The Labute approximate surface area is 91.7 Å². The first-order valence-corrected chi connectivity index (χ1v) is 5.28. The van der Waals surface area contributed by atoms with Crippen LogP contribution >= 0.6 is 0 Å². The molecule has 0 aromatic rings. The first kappa shape index (κ1) is 14.3. The van der Waals surface area contributed by atoms with Crippen molar-refractivity contribution in [1.29, 1.82) is 0 Å². The van der Waals surface area contributed by atoms with E-state index >= 15 is 0 Å². The third-order valence-electron chi connectivity index (χ3n) is 1.98. The number of rotatable bonds is 2. The van der Waals surface area contributed by atoms with Crippen molar-refractivity contribution in [2.75, 3.05) is 13.1 Å². The van der Waals surface area contributed by atoms with E-state index in [0.717, 1.165) is 25.9 Å². The van der Waals surface area contributed by atoms with Gasteiger partial charge in [-0.1, -0.05) is 0 Å². The van der Waals surface area contributed by atoms with Crippen molar-refractivity contribution in [3.63, 3.8) is 0 Å². The lowest BCUT2D eigenvalue weighted by Gasteiger charge is -2.20. The molecule has 15 heavy (non-hydrogen) atoms. The van der Waals surface area contributed by atoms with E-state index in [1.807, 2.05) is 20.8 Å². The quantitative estimate of drug-likeness (QED) is 0.349. The van der Waals surface area contributed by atoms with Crippen molar-refractivity contribution >= 4 is 6.47 Å². The largest absolute Gasteiger partial charge is 0.462 e. The number of ether oxygens (including phenoxy) is 1. The molecule has 1 aliphatic rings. The molecular formula is C10H23N3O2. The SMILES string of the molecule is CC(C)(C)OC=O.NNC1CCNCC1. The van der Waals surface area contributed by atoms with Crippen molar-refractivity contribution in [2.24, 2.45) is 5.84 Å². The summed E-state index contributed by atoms with van der Waals surface area (Å²) in [7, 11) is 0. The number of nitrogens with two attached hydrogens (primary N) is 1. The van der Waals surface area contributed by atoms with Gasteiger partial charge in [0.1, 0.15) is 5.60 Å². The highest BCUT2D eigenvalue weighted by Crippen LogP contribution is 2.02. The predicted octanol–water partition coefficient (Wildman–Crippen LogP) is 0.160. The summed E-state index contributed by atoms with van der Waals surface area (Å²) in [6.45, 7) is 8.13. The molecular weight excluding hydrogens is 194 g/mol. The molecule has 0 amide bonds. The van der Waals surface area contributed by atoms with E-state index in [1.165, 1.54) is 0 Å². The Morgan fingerprint density at radius 2 is 1.93 bits per heavy atom. The van der Waals surface area contributed by atoms with Crippen LogP contribution in [0.4, 0.5) is 0 Å². The van der Waals surface area contributed by atoms with Crippen molar-refractivity contribution in [1.82, 2.24) is 10.7 Å². The highest BCUT2D eigenvalue weighted by atomic mass is 16.5. The minimum absolute atomic E-state index is 0.318. The van der Waals surface area contributed by atoms with Gasteiger partial charge in [-0.15, -0.1) is 0 Å². The Balaban J connectivity index is 0.000000265. The molecule has 5 heteroatoms. The molecule has 1 aliphatic heterocycles. The van der Waals surface area contributed by atoms with E-state index in [2.05, 4.69) is 15.5 Å². The fourth-order valence-electron chi connectivity index (χ4n) is 1.13. The van der Waals surface area contributed by atoms with Gasteiger partial charge in [0.2, 0.25) is 0 Å². The summed E-state index contributed by atoms with van der Waals surface area (Å²) >= 11 is 0. The van der Waals surface area contributed by atoms with Crippen LogP contribution in [0.15, 0.2) is 0 Å². The van der Waals surface area contributed by atoms with E-state index in [9.17, 15) is 4.79 Å². The van der Waals surface area contributed by atoms with Crippen LogP contribution in [0.2, 0.25) is 0 Å². The molecule has 4 N–H and O–H groups in total. The lowest BCUT2D eigenvalue weighted by Crippen LogP contribution is -2.43. The molecule has 0 aromatic heterocycles. The highest BCUT2D eigenvalue weighted by Gasteiger charge is 2.09. The van der Waals surface area contributed by atoms with Gasteiger partial charge >= 0.3 is 0 Å². The molecule has 0 aromatic carbocycles. The van der Waals surface area contributed by atoms with Crippen LogP contribution in [0.25, 0.3) is 0 Å². The minimum Gasteiger partial charge on any atom is -0.462 e. The van der Waals surface area contributed by atoms with E-state index in [-0.39, 0.29) is 5.60 Å². The molecule has 0 aliphatic carbocycles. The lowest BCUT2D eigenvalue weighted by molar-refractivity contribution is -0.138. The summed E-state index contributed by atoms with van der Waals surface area (Å²) in [6.07, 6.45) is 2.33. The Morgan fingerprint density at radius 3 is 2.13 bits per heavy atom. The third-order valence-corrected chi connectivity index (χ3v) is 1.98. The molecule has 1 saturated heterocycles. The van der Waals surface area contributed by atoms with Crippen molar-refractivity contribution < 1.29 is 9.53 Å². The summed E-state index contributed by atoms with van der Waals surface area (Å²) in [5.41, 5.74) is 2.45. The number of hydrogen-bond acceptors (Lipinski definition) is 5. The van der Waals surface area contributed by atoms with Crippen LogP contribution in [-0.2, 0) is 9.53 Å². The van der Waals surface area contributed by atoms with Crippen LogP contribution in [0.1, 0.15) is 33.6 Å². The number of carbonyl (C=O) groups is 1. The summed E-state index contributed by atoms with van der Waals surface area (Å²) in [5.74, 6) is 5.23. The molecule has 0 saturated carbocycles. The number of hydrazine groups is 1. The summed E-state index contributed by atoms with van der Waals surface area (Å²) < 4.78 is 4.55. The Kier molecular flexibility index (Phi) is 7.29. The van der Waals surface area contributed by atoms with Gasteiger partial charge in [0.25, 0.3) is 6.47 Å². The smallest absolute Gasteiger partial charge is 0.293 e. The summed E-state index contributed by atoms with van der Waals surface area (Å²) in [6, 6.07) is 0.552. The topological polar surface area (TPSA) is 76.4 Å². The average Bonchev–Trinajstić information content (AvgIpc) is 2.18. The standard InChI is InChI=1S/C5H13N3.C5H10O2/c6-8-5-1-3-7-4-2-5;1-5(2,3)7-4-6/h5,7-8H,1-4,6H2;4H,1-3H3. The fraction of sp³-hybridized carbons (Fsp3) is 0.900. The lowest BCUT2D eigenvalue weighted by atomic mass is 10.1. The van der Waals surface area contributed by atoms with Crippen molar-refractivity contribution in [3.8, 4) is 0 Å². The highest BCUT2D eigenvalue weighted by molar-refractivity contribution is 5.37. The number of carbonyl (C=O) groups excluding carboxylic acids is 1. The normalized spacial score (nSPS) is 17.6. The monoisotopic (exact) mass is 217 g/mol. The third kappa shape index (κ3) is 9.65. The second-order valence-electron chi connectivity index (χ2n) is 4.52. The minimum atomic E-state index is -0.318. The van der Waals surface area contributed by atoms with E-state index in [4.69, 9.17) is 5.84 Å². The van der Waals surface area contributed by atoms with Crippen LogP contribution < -0.4 is 16.6 Å². The van der Waals surface area contributed by atoms with Gasteiger partial charge in [-0.25, -0.2) is 0 Å². The predicted molar refractivity (Wildman–Crippen MR) is 60.1 cm³/mol. The molecule has 90 valence electrons. The maximum absolute atomic E-state index is 9.60. The van der Waals surface area contributed by atoms with Crippen molar-refractivity contribution in [2.45, 2.75) is 45.3 Å². The number of hydrogen-bond donors (Lipinski definition) is 3. The van der Waals surface area contributed by atoms with Crippen LogP contribution in [0.3, 0.4) is 0 Å². The molecule has 0 unspecified atom stereocenters. The molecule has 0 bridgehead atoms. The van der Waals surface area contributed by atoms with Gasteiger partial charge in [0, 0.05) is 6.04 Å². The maximum Gasteiger partial charge on any atom is 0.293 e. The Bertz CT molecular complexity index is 163. The van der Waals surface area contributed by atoms with Crippen LogP contribution in [0, 0.1) is 0 Å². The van der Waals surface area contributed by atoms with E-state index in [1.54, 1.807) is 0 Å². The number of piperidine rings is 1. The van der Waals surface area contributed by atoms with Gasteiger partial charge in [-0.05, 0) is 46.7 Å². The Morgan fingerprint density at radius 1 is 1.40 bits per heavy atom. The fourth-order valence-corrected chi connectivity index (χ4v) is 1.13. The summed E-state index contributed by atoms with van der Waals surface area (Å²) in [5, 5.41) is 3.25. The van der Waals surface area contributed by atoms with Gasteiger partial charge in [-0.2, -0.15) is 0 Å². The van der Waals surface area contributed by atoms with Gasteiger partial charge in [-0.3, -0.25) is 16.1 Å². The first-order chi connectivity index (χ1) is 6.99. The summed E-state index contributed by atoms with van der Waals surface area (Å²) in [4.78, 5) is 9.60. The van der Waals surface area contributed by atoms with Gasteiger partial charge in [0.15, 0.2) is 0 Å². The van der Waals surface area contributed by atoms with Gasteiger partial charge in [0.05, 0.1) is 0 Å². The molecule has 1 fully saturated rings. The zero-order chi connectivity index (χ0) is 11.7. The maximum atomic E-state index is 9.60. The van der Waals surface area contributed by atoms with Crippen molar-refractivity contribution in [3.05, 3.63) is 0 Å². The zero-order valence-corrected chi connectivity index (χ0v) is 9.88. The second kappa shape index (κ2) is 7.62. The van der Waals surface area contributed by atoms with Crippen LogP contribution in [-0.4, -0.2) is 31.2 Å². The molecule has 0 spiro atoms. The van der Waals surface area contributed by atoms with E-state index < -0.39 is 0 Å². The Hall–Kier alpha value is -0.650. The second-order valence-corrected chi connectivity index (χ2v) is 4.52. The zero-order valence-electron chi connectivity index (χ0n) is 9.88.